The standard InChI is InChI=1S/C18H20N2O4S/c1-24-17-6-4-5-14(13-17)18(21)19-15-7-9-16(10-8-15)20-11-2-3-12-25(20,22)23/h4-10,13H,2-3,11-12H2,1H3,(H,19,21). The molecule has 1 heterocycles. The van der Waals surface area contributed by atoms with E-state index in [0.29, 0.717) is 35.7 Å². The largest absolute Gasteiger partial charge is 0.497 e. The summed E-state index contributed by atoms with van der Waals surface area (Å²) in [6.45, 7) is 0.498. The van der Waals surface area contributed by atoms with E-state index in [0.717, 1.165) is 6.42 Å². The number of sulfonamides is 1. The molecule has 1 saturated heterocycles. The molecule has 0 spiro atoms. The van der Waals surface area contributed by atoms with E-state index in [4.69, 9.17) is 4.74 Å². The topological polar surface area (TPSA) is 75.7 Å². The fraction of sp³-hybridized carbons (Fsp3) is 0.278. The second-order valence-corrected chi connectivity index (χ2v) is 7.84. The number of carbonyl (C=O) groups is 1. The van der Waals surface area contributed by atoms with E-state index in [9.17, 15) is 13.2 Å². The zero-order valence-electron chi connectivity index (χ0n) is 13.9. The highest BCUT2D eigenvalue weighted by Crippen LogP contribution is 2.25. The first-order valence-electron chi connectivity index (χ1n) is 8.05. The molecule has 6 nitrogen and oxygen atoms in total. The highest BCUT2D eigenvalue weighted by molar-refractivity contribution is 7.92. The summed E-state index contributed by atoms with van der Waals surface area (Å²) in [6, 6.07) is 13.7. The van der Waals surface area contributed by atoms with Crippen molar-refractivity contribution in [2.75, 3.05) is 29.0 Å². The molecule has 3 rings (SSSR count). The summed E-state index contributed by atoms with van der Waals surface area (Å²) in [4.78, 5) is 12.3. The monoisotopic (exact) mass is 360 g/mol. The Kier molecular flexibility index (Phi) is 4.94. The number of ether oxygens (including phenoxy) is 1. The molecule has 0 unspecified atom stereocenters. The SMILES string of the molecule is COc1cccc(C(=O)Nc2ccc(N3CCCCS3(=O)=O)cc2)c1. The first-order valence-corrected chi connectivity index (χ1v) is 9.66. The summed E-state index contributed by atoms with van der Waals surface area (Å²) in [5.74, 6) is 0.539. The van der Waals surface area contributed by atoms with Crippen molar-refractivity contribution < 1.29 is 17.9 Å². The Balaban J connectivity index is 1.73. The van der Waals surface area contributed by atoms with Gasteiger partial charge in [0.05, 0.1) is 18.6 Å². The van der Waals surface area contributed by atoms with Gasteiger partial charge in [0, 0.05) is 17.8 Å². The van der Waals surface area contributed by atoms with E-state index < -0.39 is 10.0 Å². The Hall–Kier alpha value is -2.54. The van der Waals surface area contributed by atoms with Gasteiger partial charge in [-0.2, -0.15) is 0 Å². The molecule has 25 heavy (non-hydrogen) atoms. The highest BCUT2D eigenvalue weighted by atomic mass is 32.2. The van der Waals surface area contributed by atoms with Crippen LogP contribution in [0.2, 0.25) is 0 Å². The van der Waals surface area contributed by atoms with Gasteiger partial charge >= 0.3 is 0 Å². The molecular formula is C18H20N2O4S. The second kappa shape index (κ2) is 7.14. The Morgan fingerprint density at radius 1 is 1.12 bits per heavy atom. The lowest BCUT2D eigenvalue weighted by atomic mass is 10.2. The van der Waals surface area contributed by atoms with Crippen LogP contribution < -0.4 is 14.4 Å². The molecule has 132 valence electrons. The van der Waals surface area contributed by atoms with Gasteiger partial charge in [-0.25, -0.2) is 8.42 Å². The molecule has 7 heteroatoms. The van der Waals surface area contributed by atoms with Crippen molar-refractivity contribution in [3.8, 4) is 5.75 Å². The van der Waals surface area contributed by atoms with Gasteiger partial charge in [0.15, 0.2) is 0 Å². The van der Waals surface area contributed by atoms with Crippen molar-refractivity contribution in [2.24, 2.45) is 0 Å². The van der Waals surface area contributed by atoms with Gasteiger partial charge in [-0.1, -0.05) is 6.07 Å². The minimum absolute atomic E-state index is 0.182. The summed E-state index contributed by atoms with van der Waals surface area (Å²) < 4.78 is 30.8. The van der Waals surface area contributed by atoms with Crippen LogP contribution in [-0.2, 0) is 10.0 Å². The van der Waals surface area contributed by atoms with Gasteiger partial charge in [-0.15, -0.1) is 0 Å². The number of nitrogens with one attached hydrogen (secondary N) is 1. The van der Waals surface area contributed by atoms with Crippen LogP contribution in [0, 0.1) is 0 Å². The molecule has 2 aromatic carbocycles. The maximum atomic E-state index is 12.3. The summed E-state index contributed by atoms with van der Waals surface area (Å²) in [6.07, 6.45) is 1.56. The predicted molar refractivity (Wildman–Crippen MR) is 97.8 cm³/mol. The first kappa shape index (κ1) is 17.3. The van der Waals surface area contributed by atoms with Crippen LogP contribution in [-0.4, -0.2) is 33.7 Å². The predicted octanol–water partition coefficient (Wildman–Crippen LogP) is 2.88. The number of hydrogen-bond donors (Lipinski definition) is 1. The molecule has 1 aliphatic rings. The maximum absolute atomic E-state index is 12.3. The van der Waals surface area contributed by atoms with Crippen molar-refractivity contribution in [3.05, 3.63) is 54.1 Å². The molecule has 1 amide bonds. The number of amides is 1. The van der Waals surface area contributed by atoms with E-state index in [2.05, 4.69) is 5.32 Å². The molecule has 0 atom stereocenters. The first-order chi connectivity index (χ1) is 12.0. The Bertz CT molecular complexity index is 863. The average molecular weight is 360 g/mol. The van der Waals surface area contributed by atoms with Crippen LogP contribution >= 0.6 is 0 Å². The number of carbonyl (C=O) groups excluding carboxylic acids is 1. The normalized spacial score (nSPS) is 16.3. The van der Waals surface area contributed by atoms with E-state index in [1.807, 2.05) is 0 Å². The average Bonchev–Trinajstić information content (AvgIpc) is 2.62. The fourth-order valence-corrected chi connectivity index (χ4v) is 4.40. The number of benzene rings is 2. The molecule has 1 aliphatic heterocycles. The Labute approximate surface area is 147 Å². The second-order valence-electron chi connectivity index (χ2n) is 5.83. The third-order valence-electron chi connectivity index (χ3n) is 4.09. The van der Waals surface area contributed by atoms with E-state index in [1.165, 1.54) is 4.31 Å². The smallest absolute Gasteiger partial charge is 0.255 e. The molecule has 0 radical (unpaired) electrons. The molecule has 0 saturated carbocycles. The van der Waals surface area contributed by atoms with Gasteiger partial charge in [0.1, 0.15) is 5.75 Å². The maximum Gasteiger partial charge on any atom is 0.255 e. The molecule has 0 aliphatic carbocycles. The summed E-state index contributed by atoms with van der Waals surface area (Å²) in [5.41, 5.74) is 1.71. The lowest BCUT2D eigenvalue weighted by molar-refractivity contribution is 0.102. The Morgan fingerprint density at radius 3 is 2.56 bits per heavy atom. The van der Waals surface area contributed by atoms with Crippen LogP contribution in [0.1, 0.15) is 23.2 Å². The summed E-state index contributed by atoms with van der Waals surface area (Å²) in [7, 11) is -1.69. The van der Waals surface area contributed by atoms with Gasteiger partial charge < -0.3 is 10.1 Å². The van der Waals surface area contributed by atoms with Crippen molar-refractivity contribution in [2.45, 2.75) is 12.8 Å². The quantitative estimate of drug-likeness (QED) is 0.910. The molecule has 1 N–H and O–H groups in total. The lowest BCUT2D eigenvalue weighted by Gasteiger charge is -2.28. The third-order valence-corrected chi connectivity index (χ3v) is 5.96. The van der Waals surface area contributed by atoms with Crippen molar-refractivity contribution in [3.63, 3.8) is 0 Å². The van der Waals surface area contributed by atoms with Gasteiger partial charge in [0.25, 0.3) is 5.91 Å². The highest BCUT2D eigenvalue weighted by Gasteiger charge is 2.25. The number of methoxy groups -OCH3 is 1. The molecule has 0 aromatic heterocycles. The van der Waals surface area contributed by atoms with Gasteiger partial charge in [-0.3, -0.25) is 9.10 Å². The van der Waals surface area contributed by atoms with Gasteiger partial charge in [-0.05, 0) is 55.3 Å². The number of anilines is 2. The van der Waals surface area contributed by atoms with E-state index in [-0.39, 0.29) is 11.7 Å². The third kappa shape index (κ3) is 3.93. The van der Waals surface area contributed by atoms with Crippen LogP contribution in [0.5, 0.6) is 5.75 Å². The number of rotatable bonds is 4. The molecule has 1 fully saturated rings. The van der Waals surface area contributed by atoms with E-state index in [1.54, 1.807) is 55.6 Å². The molecule has 2 aromatic rings. The van der Waals surface area contributed by atoms with Crippen molar-refractivity contribution >= 4 is 27.3 Å². The van der Waals surface area contributed by atoms with Crippen molar-refractivity contribution in [1.29, 1.82) is 0 Å². The number of hydrogen-bond acceptors (Lipinski definition) is 4. The minimum atomic E-state index is -3.23. The summed E-state index contributed by atoms with van der Waals surface area (Å²) in [5, 5.41) is 2.80. The fourth-order valence-electron chi connectivity index (χ4n) is 2.76. The molecule has 0 bridgehead atoms. The van der Waals surface area contributed by atoms with Crippen LogP contribution in [0.25, 0.3) is 0 Å². The molecular weight excluding hydrogens is 340 g/mol. The van der Waals surface area contributed by atoms with E-state index >= 15 is 0 Å². The number of nitrogens with zero attached hydrogens (tertiary/aromatic N) is 1. The zero-order valence-corrected chi connectivity index (χ0v) is 14.8. The van der Waals surface area contributed by atoms with Gasteiger partial charge in [0.2, 0.25) is 10.0 Å². The minimum Gasteiger partial charge on any atom is -0.497 e. The van der Waals surface area contributed by atoms with Crippen LogP contribution in [0.3, 0.4) is 0 Å². The summed E-state index contributed by atoms with van der Waals surface area (Å²) >= 11 is 0. The van der Waals surface area contributed by atoms with Crippen molar-refractivity contribution in [1.82, 2.24) is 0 Å². The Morgan fingerprint density at radius 2 is 1.88 bits per heavy atom. The zero-order chi connectivity index (χ0) is 17.9. The lowest BCUT2D eigenvalue weighted by Crippen LogP contribution is -2.37. The van der Waals surface area contributed by atoms with Crippen LogP contribution in [0.4, 0.5) is 11.4 Å². The van der Waals surface area contributed by atoms with Crippen LogP contribution in [0.15, 0.2) is 48.5 Å².